The number of carbonyl (C=O) groups excluding carboxylic acids is 1. The normalized spacial score (nSPS) is 9.54. The third-order valence-corrected chi connectivity index (χ3v) is 1.25. The second-order valence-corrected chi connectivity index (χ2v) is 2.15. The summed E-state index contributed by atoms with van der Waals surface area (Å²) in [5.41, 5.74) is 5.95. The smallest absolute Gasteiger partial charge is 0.217 e. The molecule has 0 aliphatic carbocycles. The highest BCUT2D eigenvalue weighted by Gasteiger charge is 1.95. The fourth-order valence-corrected chi connectivity index (χ4v) is 0.672. The topological polar surface area (TPSA) is 43.1 Å². The van der Waals surface area contributed by atoms with Gasteiger partial charge in [-0.1, -0.05) is 45.2 Å². The van der Waals surface area contributed by atoms with Crippen LogP contribution in [0.3, 0.4) is 0 Å². The molecule has 0 fully saturated rings. The Balaban J connectivity index is -0.000000376. The van der Waals surface area contributed by atoms with Crippen LogP contribution in [0.25, 0.3) is 0 Å². The largest absolute Gasteiger partial charge is 0.370 e. The van der Waals surface area contributed by atoms with E-state index in [0.717, 1.165) is 5.57 Å². The molecule has 0 atom stereocenters. The van der Waals surface area contributed by atoms with Crippen molar-refractivity contribution in [3.63, 3.8) is 0 Å². The zero-order valence-corrected chi connectivity index (χ0v) is 8.55. The quantitative estimate of drug-likeness (QED) is 0.654. The summed E-state index contributed by atoms with van der Waals surface area (Å²) in [6, 6.07) is 0. The van der Waals surface area contributed by atoms with Gasteiger partial charge in [-0.2, -0.15) is 0 Å². The molecular weight excluding hydrogens is 162 g/mol. The number of allylic oxidation sites excluding steroid dienone is 4. The monoisotopic (exact) mass is 183 g/mol. The maximum atomic E-state index is 10.4. The van der Waals surface area contributed by atoms with E-state index in [0.29, 0.717) is 12.8 Å². The number of rotatable bonds is 5. The van der Waals surface area contributed by atoms with Crippen LogP contribution in [-0.4, -0.2) is 5.91 Å². The third kappa shape index (κ3) is 10.7. The van der Waals surface area contributed by atoms with Crippen molar-refractivity contribution in [2.24, 2.45) is 5.73 Å². The molecule has 13 heavy (non-hydrogen) atoms. The van der Waals surface area contributed by atoms with E-state index in [-0.39, 0.29) is 7.33 Å². The van der Waals surface area contributed by atoms with E-state index in [1.807, 2.05) is 19.9 Å². The van der Waals surface area contributed by atoms with Crippen molar-refractivity contribution >= 4 is 5.91 Å². The molecule has 0 saturated heterocycles. The van der Waals surface area contributed by atoms with Gasteiger partial charge in [0.05, 0.1) is 0 Å². The fourth-order valence-electron chi connectivity index (χ4n) is 0.672. The molecule has 0 aliphatic heterocycles. The molecule has 2 N–H and O–H groups in total. The highest BCUT2D eigenvalue weighted by molar-refractivity contribution is 5.74. The molecule has 0 aliphatic rings. The highest BCUT2D eigenvalue weighted by atomic mass is 16.1. The van der Waals surface area contributed by atoms with Crippen molar-refractivity contribution in [1.29, 1.82) is 0 Å². The van der Waals surface area contributed by atoms with E-state index < -0.39 is 0 Å². The second-order valence-electron chi connectivity index (χ2n) is 2.15. The number of amides is 1. The van der Waals surface area contributed by atoms with Crippen LogP contribution in [0.2, 0.25) is 0 Å². The van der Waals surface area contributed by atoms with Gasteiger partial charge in [0.15, 0.2) is 0 Å². The average molecular weight is 183 g/mol. The van der Waals surface area contributed by atoms with Crippen LogP contribution in [-0.2, 0) is 4.79 Å². The molecule has 2 nitrogen and oxygen atoms in total. The molecule has 0 rings (SSSR count). The molecule has 76 valence electrons. The lowest BCUT2D eigenvalue weighted by Gasteiger charge is -1.96. The Hall–Kier alpha value is -1.31. The van der Waals surface area contributed by atoms with Crippen LogP contribution in [0.5, 0.6) is 0 Å². The zero-order chi connectivity index (χ0) is 10.7. The molecule has 0 aromatic heterocycles. The van der Waals surface area contributed by atoms with Gasteiger partial charge >= 0.3 is 0 Å². The van der Waals surface area contributed by atoms with Crippen molar-refractivity contribution in [2.75, 3.05) is 0 Å². The molecular formula is C11H21NO. The summed E-state index contributed by atoms with van der Waals surface area (Å²) in [6.45, 7) is 11.1. The van der Waals surface area contributed by atoms with Crippen molar-refractivity contribution in [3.8, 4) is 0 Å². The van der Waals surface area contributed by atoms with Crippen molar-refractivity contribution < 1.29 is 6.22 Å². The molecule has 0 aromatic rings. The van der Waals surface area contributed by atoms with Crippen molar-refractivity contribution in [2.45, 2.75) is 26.7 Å². The summed E-state index contributed by atoms with van der Waals surface area (Å²) in [7, 11) is 0. The van der Waals surface area contributed by atoms with E-state index in [9.17, 15) is 4.79 Å². The van der Waals surface area contributed by atoms with Gasteiger partial charge in [-0.15, -0.1) is 0 Å². The highest BCUT2D eigenvalue weighted by Crippen LogP contribution is 2.05. The minimum atomic E-state index is -0.290. The van der Waals surface area contributed by atoms with E-state index in [4.69, 9.17) is 5.73 Å². The first kappa shape index (κ1) is 14.2. The summed E-state index contributed by atoms with van der Waals surface area (Å²) in [6.07, 6.45) is 6.19. The lowest BCUT2D eigenvalue weighted by Crippen LogP contribution is -2.09. The molecule has 0 heterocycles. The lowest BCUT2D eigenvalue weighted by atomic mass is 10.1. The standard InChI is InChI=1S/C9H13NO.C2H6.H2/c1-3-5-8(4-2)6-7-9(10)11;1-2;/h3-5H,1-2,6-7H2,(H2,10,11);1-2H3;1H/b8-5+;;. The van der Waals surface area contributed by atoms with Gasteiger partial charge in [0.1, 0.15) is 0 Å². The fraction of sp³-hybridized carbons (Fsp3) is 0.364. The molecule has 0 aromatic carbocycles. The Morgan fingerprint density at radius 2 is 1.92 bits per heavy atom. The number of carbonyl (C=O) groups is 1. The molecule has 2 heteroatoms. The van der Waals surface area contributed by atoms with Crippen LogP contribution in [0.1, 0.15) is 28.1 Å². The summed E-state index contributed by atoms with van der Waals surface area (Å²) in [5.74, 6) is -0.290. The number of hydrogen-bond acceptors (Lipinski definition) is 1. The number of primary amides is 1. The van der Waals surface area contributed by atoms with Gasteiger partial charge in [-0.25, -0.2) is 0 Å². The average Bonchev–Trinajstić information content (AvgIpc) is 2.15. The van der Waals surface area contributed by atoms with Crippen molar-refractivity contribution in [1.82, 2.24) is 0 Å². The summed E-state index contributed by atoms with van der Waals surface area (Å²) >= 11 is 0. The summed E-state index contributed by atoms with van der Waals surface area (Å²) in [4.78, 5) is 10.4. The SMILES string of the molecule is C=C/C=C(\C=C)CCC(N)=O.CC.[HH]. The molecule has 0 radical (unpaired) electrons. The van der Waals surface area contributed by atoms with Crippen LogP contribution in [0.15, 0.2) is 37.0 Å². The summed E-state index contributed by atoms with van der Waals surface area (Å²) in [5, 5.41) is 0. The van der Waals surface area contributed by atoms with Gasteiger partial charge < -0.3 is 5.73 Å². The molecule has 0 bridgehead atoms. The number of nitrogens with two attached hydrogens (primary N) is 1. The van der Waals surface area contributed by atoms with Gasteiger partial charge in [-0.05, 0) is 12.0 Å². The second kappa shape index (κ2) is 10.7. The predicted octanol–water partition coefficient (Wildman–Crippen LogP) is 2.82. The third-order valence-electron chi connectivity index (χ3n) is 1.25. The van der Waals surface area contributed by atoms with Gasteiger partial charge in [-0.3, -0.25) is 4.79 Å². The van der Waals surface area contributed by atoms with Crippen LogP contribution in [0.4, 0.5) is 0 Å². The molecule has 0 unspecified atom stereocenters. The Kier molecular flexibility index (Phi) is 11.7. The first-order valence-corrected chi connectivity index (χ1v) is 4.43. The van der Waals surface area contributed by atoms with Crippen molar-refractivity contribution in [3.05, 3.63) is 37.0 Å². The van der Waals surface area contributed by atoms with Gasteiger partial charge in [0.25, 0.3) is 0 Å². The molecule has 0 saturated carbocycles. The maximum absolute atomic E-state index is 10.4. The van der Waals surface area contributed by atoms with Crippen LogP contribution >= 0.6 is 0 Å². The Bertz CT molecular complexity index is 197. The Morgan fingerprint density at radius 3 is 2.23 bits per heavy atom. The summed E-state index contributed by atoms with van der Waals surface area (Å²) < 4.78 is 0. The van der Waals surface area contributed by atoms with Gasteiger partial charge in [0.2, 0.25) is 5.91 Å². The minimum absolute atomic E-state index is 0. The number of hydrogen-bond donors (Lipinski definition) is 1. The predicted molar refractivity (Wildman–Crippen MR) is 60.4 cm³/mol. The molecule has 1 amide bonds. The Labute approximate surface area is 82.3 Å². The van der Waals surface area contributed by atoms with Crippen LogP contribution in [0, 0.1) is 0 Å². The molecule has 0 spiro atoms. The van der Waals surface area contributed by atoms with Crippen LogP contribution < -0.4 is 5.73 Å². The Morgan fingerprint density at radius 1 is 1.38 bits per heavy atom. The first-order valence-electron chi connectivity index (χ1n) is 4.43. The van der Waals surface area contributed by atoms with E-state index in [1.165, 1.54) is 0 Å². The minimum Gasteiger partial charge on any atom is -0.370 e. The van der Waals surface area contributed by atoms with E-state index in [1.54, 1.807) is 12.2 Å². The lowest BCUT2D eigenvalue weighted by molar-refractivity contribution is -0.117. The maximum Gasteiger partial charge on any atom is 0.217 e. The first-order chi connectivity index (χ1) is 6.20. The van der Waals surface area contributed by atoms with Gasteiger partial charge in [0, 0.05) is 7.85 Å². The zero-order valence-electron chi connectivity index (χ0n) is 8.55. The van der Waals surface area contributed by atoms with E-state index in [2.05, 4.69) is 13.2 Å². The van der Waals surface area contributed by atoms with E-state index >= 15 is 0 Å².